The van der Waals surface area contributed by atoms with E-state index in [1.54, 1.807) is 0 Å². The summed E-state index contributed by atoms with van der Waals surface area (Å²) in [5.41, 5.74) is 5.32. The van der Waals surface area contributed by atoms with Crippen molar-refractivity contribution in [2.24, 2.45) is 10.9 Å². The van der Waals surface area contributed by atoms with Crippen LogP contribution in [0, 0.1) is 0 Å². The molecule has 0 radical (unpaired) electrons. The van der Waals surface area contributed by atoms with Gasteiger partial charge in [0.15, 0.2) is 0 Å². The summed E-state index contributed by atoms with van der Waals surface area (Å²) in [6.45, 7) is 4.11. The molecule has 1 unspecified atom stereocenters. The molecule has 4 heteroatoms. The van der Waals surface area contributed by atoms with Gasteiger partial charge in [-0.1, -0.05) is 5.16 Å². The van der Waals surface area contributed by atoms with Gasteiger partial charge in [0.2, 0.25) is 0 Å². The second kappa shape index (κ2) is 3.31. The van der Waals surface area contributed by atoms with Gasteiger partial charge in [-0.25, -0.2) is 0 Å². The van der Waals surface area contributed by atoms with Gasteiger partial charge in [-0.3, -0.25) is 0 Å². The van der Waals surface area contributed by atoms with Crippen LogP contribution in [0.1, 0.15) is 33.1 Å². The summed E-state index contributed by atoms with van der Waals surface area (Å²) < 4.78 is 5.65. The quantitative estimate of drug-likeness (QED) is 0.283. The second-order valence-corrected chi connectivity index (χ2v) is 3.83. The molecule has 1 aliphatic heterocycles. The van der Waals surface area contributed by atoms with E-state index >= 15 is 0 Å². The molecule has 1 fully saturated rings. The lowest BCUT2D eigenvalue weighted by atomic mass is 10.0. The van der Waals surface area contributed by atoms with Gasteiger partial charge in [-0.15, -0.1) is 0 Å². The van der Waals surface area contributed by atoms with Crippen LogP contribution >= 0.6 is 0 Å². The highest BCUT2D eigenvalue weighted by Gasteiger charge is 2.31. The largest absolute Gasteiger partial charge is 0.409 e. The fraction of sp³-hybridized carbons (Fsp3) is 0.875. The van der Waals surface area contributed by atoms with Crippen LogP contribution in [0.25, 0.3) is 0 Å². The third-order valence-electron chi connectivity index (χ3n) is 2.12. The molecule has 0 aliphatic carbocycles. The van der Waals surface area contributed by atoms with Crippen molar-refractivity contribution in [2.75, 3.05) is 0 Å². The Hall–Kier alpha value is -0.770. The molecule has 1 atom stereocenters. The zero-order valence-corrected chi connectivity index (χ0v) is 7.58. The minimum atomic E-state index is -0.0413. The highest BCUT2D eigenvalue weighted by Crippen LogP contribution is 2.30. The maximum Gasteiger partial charge on any atom is 0.141 e. The SMILES string of the molecule is CC1(C)CCC(C/C(N)=N/O)O1. The summed E-state index contributed by atoms with van der Waals surface area (Å²) in [5, 5.41) is 11.2. The number of nitrogens with zero attached hydrogens (tertiary/aromatic N) is 1. The highest BCUT2D eigenvalue weighted by atomic mass is 16.5. The molecule has 12 heavy (non-hydrogen) atoms. The number of oxime groups is 1. The van der Waals surface area contributed by atoms with Crippen molar-refractivity contribution < 1.29 is 9.94 Å². The van der Waals surface area contributed by atoms with Crippen LogP contribution in [0.4, 0.5) is 0 Å². The van der Waals surface area contributed by atoms with Crippen LogP contribution in [0.15, 0.2) is 5.16 Å². The topological polar surface area (TPSA) is 67.8 Å². The lowest BCUT2D eigenvalue weighted by Gasteiger charge is -2.18. The minimum Gasteiger partial charge on any atom is -0.409 e. The van der Waals surface area contributed by atoms with Crippen LogP contribution in [0.3, 0.4) is 0 Å². The molecule has 4 nitrogen and oxygen atoms in total. The van der Waals surface area contributed by atoms with Crippen LogP contribution in [-0.2, 0) is 4.74 Å². The maximum absolute atomic E-state index is 8.33. The fourth-order valence-corrected chi connectivity index (χ4v) is 1.50. The molecule has 0 bridgehead atoms. The van der Waals surface area contributed by atoms with Crippen molar-refractivity contribution >= 4 is 5.84 Å². The molecule has 0 spiro atoms. The fourth-order valence-electron chi connectivity index (χ4n) is 1.50. The van der Waals surface area contributed by atoms with Gasteiger partial charge in [0.25, 0.3) is 0 Å². The number of rotatable bonds is 2. The predicted octanol–water partition coefficient (Wildman–Crippen LogP) is 1.08. The standard InChI is InChI=1S/C8H16N2O2/c1-8(2)4-3-6(12-8)5-7(9)10-11/h6,11H,3-5H2,1-2H3,(H2,9,10). The van der Waals surface area contributed by atoms with Crippen LogP contribution in [0.2, 0.25) is 0 Å². The molecule has 0 aromatic carbocycles. The smallest absolute Gasteiger partial charge is 0.141 e. The van der Waals surface area contributed by atoms with Gasteiger partial charge in [0.1, 0.15) is 5.84 Å². The van der Waals surface area contributed by atoms with Gasteiger partial charge < -0.3 is 15.7 Å². The Morgan fingerprint density at radius 3 is 2.83 bits per heavy atom. The van der Waals surface area contributed by atoms with E-state index in [1.165, 1.54) is 0 Å². The Bertz CT molecular complexity index is 189. The Morgan fingerprint density at radius 2 is 2.42 bits per heavy atom. The first-order valence-corrected chi connectivity index (χ1v) is 4.18. The van der Waals surface area contributed by atoms with Crippen molar-refractivity contribution in [3.63, 3.8) is 0 Å². The first kappa shape index (κ1) is 9.32. The predicted molar refractivity (Wildman–Crippen MR) is 46.2 cm³/mol. The second-order valence-electron chi connectivity index (χ2n) is 3.83. The Kier molecular flexibility index (Phi) is 2.57. The number of nitrogens with two attached hydrogens (primary N) is 1. The Balaban J connectivity index is 2.38. The number of amidine groups is 1. The lowest BCUT2D eigenvalue weighted by molar-refractivity contribution is -0.0119. The molecule has 70 valence electrons. The van der Waals surface area contributed by atoms with Gasteiger partial charge >= 0.3 is 0 Å². The minimum absolute atomic E-state index is 0.0413. The molecule has 0 amide bonds. The summed E-state index contributed by atoms with van der Waals surface area (Å²) in [6.07, 6.45) is 2.68. The molecule has 1 aliphatic rings. The van der Waals surface area contributed by atoms with E-state index in [0.29, 0.717) is 6.42 Å². The van der Waals surface area contributed by atoms with Crippen molar-refractivity contribution in [1.82, 2.24) is 0 Å². The van der Waals surface area contributed by atoms with Crippen molar-refractivity contribution in [2.45, 2.75) is 44.8 Å². The van der Waals surface area contributed by atoms with E-state index in [0.717, 1.165) is 12.8 Å². The molecule has 1 rings (SSSR count). The van der Waals surface area contributed by atoms with E-state index in [-0.39, 0.29) is 17.5 Å². The molecular weight excluding hydrogens is 156 g/mol. The monoisotopic (exact) mass is 172 g/mol. The summed E-state index contributed by atoms with van der Waals surface area (Å²) in [5.74, 6) is 0.248. The van der Waals surface area contributed by atoms with Gasteiger partial charge in [-0.2, -0.15) is 0 Å². The Labute approximate surface area is 72.4 Å². The summed E-state index contributed by atoms with van der Waals surface area (Å²) >= 11 is 0. The molecule has 3 N–H and O–H groups in total. The number of hydrogen-bond donors (Lipinski definition) is 2. The highest BCUT2D eigenvalue weighted by molar-refractivity contribution is 5.80. The summed E-state index contributed by atoms with van der Waals surface area (Å²) in [6, 6.07) is 0. The zero-order valence-electron chi connectivity index (χ0n) is 7.58. The molecule has 1 heterocycles. The van der Waals surface area contributed by atoms with E-state index < -0.39 is 0 Å². The third-order valence-corrected chi connectivity index (χ3v) is 2.12. The van der Waals surface area contributed by atoms with Crippen LogP contribution in [-0.4, -0.2) is 22.7 Å². The third kappa shape index (κ3) is 2.37. The van der Waals surface area contributed by atoms with E-state index in [2.05, 4.69) is 19.0 Å². The van der Waals surface area contributed by atoms with Gasteiger partial charge in [0.05, 0.1) is 11.7 Å². The average molecular weight is 172 g/mol. The number of hydrogen-bond acceptors (Lipinski definition) is 3. The van der Waals surface area contributed by atoms with Gasteiger partial charge in [0, 0.05) is 6.42 Å². The molecular formula is C8H16N2O2. The van der Waals surface area contributed by atoms with Gasteiger partial charge in [-0.05, 0) is 26.7 Å². The van der Waals surface area contributed by atoms with Crippen molar-refractivity contribution in [3.8, 4) is 0 Å². The van der Waals surface area contributed by atoms with E-state index in [1.807, 2.05) is 0 Å². The summed E-state index contributed by atoms with van der Waals surface area (Å²) in [4.78, 5) is 0. The summed E-state index contributed by atoms with van der Waals surface area (Å²) in [7, 11) is 0. The molecule has 1 saturated heterocycles. The normalized spacial score (nSPS) is 29.2. The molecule has 0 aromatic rings. The van der Waals surface area contributed by atoms with Crippen molar-refractivity contribution in [3.05, 3.63) is 0 Å². The van der Waals surface area contributed by atoms with Crippen molar-refractivity contribution in [1.29, 1.82) is 0 Å². The van der Waals surface area contributed by atoms with Crippen LogP contribution in [0.5, 0.6) is 0 Å². The van der Waals surface area contributed by atoms with Crippen LogP contribution < -0.4 is 5.73 Å². The maximum atomic E-state index is 8.33. The first-order chi connectivity index (χ1) is 5.53. The van der Waals surface area contributed by atoms with E-state index in [4.69, 9.17) is 15.7 Å². The first-order valence-electron chi connectivity index (χ1n) is 4.18. The number of ether oxygens (including phenoxy) is 1. The van der Waals surface area contributed by atoms with E-state index in [9.17, 15) is 0 Å². The molecule has 0 saturated carbocycles. The average Bonchev–Trinajstić information content (AvgIpc) is 2.30. The zero-order chi connectivity index (χ0) is 9.19. The Morgan fingerprint density at radius 1 is 1.75 bits per heavy atom. The molecule has 0 aromatic heterocycles. The lowest BCUT2D eigenvalue weighted by Crippen LogP contribution is -2.24.